The van der Waals surface area contributed by atoms with Gasteiger partial charge in [-0.05, 0) is 28.1 Å². The number of hydrogen-bond donors (Lipinski definition) is 0. The highest BCUT2D eigenvalue weighted by atomic mass is 79.9. The zero-order valence-corrected chi connectivity index (χ0v) is 11.8. The lowest BCUT2D eigenvalue weighted by Crippen LogP contribution is -2.10. The molecule has 0 aromatic heterocycles. The Morgan fingerprint density at radius 2 is 1.65 bits per heavy atom. The summed E-state index contributed by atoms with van der Waals surface area (Å²) in [6, 6.07) is 5.56. The third-order valence-electron chi connectivity index (χ3n) is 2.67. The molecular weight excluding hydrogens is 337 g/mol. The molecule has 0 radical (unpaired) electrons. The number of benzene rings is 2. The van der Waals surface area contributed by atoms with Crippen molar-refractivity contribution in [3.63, 3.8) is 0 Å². The standard InChI is InChI=1S/C14H8BrF3O2/c1-20-7-5-10(17)13(11(18)6-7)14(19)12-8(15)3-2-4-9(12)16/h2-6H,1H3. The zero-order chi connectivity index (χ0) is 14.9. The summed E-state index contributed by atoms with van der Waals surface area (Å²) in [5, 5.41) is 0. The van der Waals surface area contributed by atoms with Crippen molar-refractivity contribution in [3.05, 3.63) is 63.4 Å². The van der Waals surface area contributed by atoms with Crippen LogP contribution >= 0.6 is 15.9 Å². The molecule has 0 spiro atoms. The van der Waals surface area contributed by atoms with Crippen molar-refractivity contribution < 1.29 is 22.7 Å². The van der Waals surface area contributed by atoms with Gasteiger partial charge < -0.3 is 4.74 Å². The van der Waals surface area contributed by atoms with Gasteiger partial charge >= 0.3 is 0 Å². The fourth-order valence-electron chi connectivity index (χ4n) is 1.72. The summed E-state index contributed by atoms with van der Waals surface area (Å²) in [6.07, 6.45) is 0. The van der Waals surface area contributed by atoms with Crippen LogP contribution in [0, 0.1) is 17.5 Å². The molecule has 0 atom stereocenters. The predicted octanol–water partition coefficient (Wildman–Crippen LogP) is 4.11. The molecule has 2 aromatic rings. The molecular formula is C14H8BrF3O2. The van der Waals surface area contributed by atoms with E-state index >= 15 is 0 Å². The van der Waals surface area contributed by atoms with Gasteiger partial charge in [-0.2, -0.15) is 0 Å². The summed E-state index contributed by atoms with van der Waals surface area (Å²) in [7, 11) is 1.24. The topological polar surface area (TPSA) is 26.3 Å². The van der Waals surface area contributed by atoms with Gasteiger partial charge in [0.05, 0.1) is 18.2 Å². The van der Waals surface area contributed by atoms with Crippen LogP contribution in [0.25, 0.3) is 0 Å². The van der Waals surface area contributed by atoms with Crippen molar-refractivity contribution >= 4 is 21.7 Å². The van der Waals surface area contributed by atoms with E-state index in [4.69, 9.17) is 0 Å². The SMILES string of the molecule is COc1cc(F)c(C(=O)c2c(F)cccc2Br)c(F)c1. The first-order chi connectivity index (χ1) is 9.45. The van der Waals surface area contributed by atoms with E-state index < -0.39 is 34.4 Å². The maximum atomic E-state index is 13.8. The van der Waals surface area contributed by atoms with Gasteiger partial charge in [-0.15, -0.1) is 0 Å². The molecule has 0 fully saturated rings. The lowest BCUT2D eigenvalue weighted by molar-refractivity contribution is 0.102. The largest absolute Gasteiger partial charge is 0.497 e. The van der Waals surface area contributed by atoms with Gasteiger partial charge in [-0.1, -0.05) is 6.07 Å². The van der Waals surface area contributed by atoms with Crippen LogP contribution in [-0.4, -0.2) is 12.9 Å². The van der Waals surface area contributed by atoms with Gasteiger partial charge in [0.1, 0.15) is 23.2 Å². The minimum Gasteiger partial charge on any atom is -0.497 e. The molecule has 0 aliphatic heterocycles. The van der Waals surface area contributed by atoms with Crippen LogP contribution in [0.3, 0.4) is 0 Å². The van der Waals surface area contributed by atoms with Gasteiger partial charge in [0.15, 0.2) is 0 Å². The van der Waals surface area contributed by atoms with Crippen LogP contribution in [0.2, 0.25) is 0 Å². The van der Waals surface area contributed by atoms with Crippen molar-refractivity contribution in [2.75, 3.05) is 7.11 Å². The van der Waals surface area contributed by atoms with Crippen molar-refractivity contribution in [2.45, 2.75) is 0 Å². The molecule has 6 heteroatoms. The minimum atomic E-state index is -1.11. The van der Waals surface area contributed by atoms with Crippen molar-refractivity contribution in [3.8, 4) is 5.75 Å². The fraction of sp³-hybridized carbons (Fsp3) is 0.0714. The van der Waals surface area contributed by atoms with E-state index in [1.54, 1.807) is 0 Å². The summed E-state index contributed by atoms with van der Waals surface area (Å²) in [4.78, 5) is 12.1. The highest BCUT2D eigenvalue weighted by Gasteiger charge is 2.24. The number of carbonyl (C=O) groups is 1. The van der Waals surface area contributed by atoms with Crippen LogP contribution < -0.4 is 4.74 Å². The Morgan fingerprint density at radius 1 is 1.05 bits per heavy atom. The van der Waals surface area contributed by atoms with Crippen LogP contribution in [-0.2, 0) is 0 Å². The maximum absolute atomic E-state index is 13.8. The van der Waals surface area contributed by atoms with E-state index in [1.165, 1.54) is 19.2 Å². The first kappa shape index (κ1) is 14.6. The normalized spacial score (nSPS) is 10.4. The lowest BCUT2D eigenvalue weighted by atomic mass is 10.0. The van der Waals surface area contributed by atoms with E-state index in [0.29, 0.717) is 0 Å². The Bertz CT molecular complexity index is 643. The molecule has 2 rings (SSSR count). The van der Waals surface area contributed by atoms with Gasteiger partial charge in [0.25, 0.3) is 0 Å². The number of ether oxygens (including phenoxy) is 1. The van der Waals surface area contributed by atoms with E-state index in [2.05, 4.69) is 20.7 Å². The van der Waals surface area contributed by atoms with Gasteiger partial charge in [0.2, 0.25) is 5.78 Å². The van der Waals surface area contributed by atoms with Crippen LogP contribution in [0.5, 0.6) is 5.75 Å². The van der Waals surface area contributed by atoms with Gasteiger partial charge in [-0.3, -0.25) is 4.79 Å². The van der Waals surface area contributed by atoms with Gasteiger partial charge in [-0.25, -0.2) is 13.2 Å². The van der Waals surface area contributed by atoms with Crippen LogP contribution in [0.15, 0.2) is 34.8 Å². The average Bonchev–Trinajstić information content (AvgIpc) is 2.37. The summed E-state index contributed by atoms with van der Waals surface area (Å²) >= 11 is 2.99. The lowest BCUT2D eigenvalue weighted by Gasteiger charge is -2.09. The average molecular weight is 345 g/mol. The minimum absolute atomic E-state index is 0.0656. The summed E-state index contributed by atoms with van der Waals surface area (Å²) in [5.41, 5.74) is -1.24. The predicted molar refractivity (Wildman–Crippen MR) is 70.4 cm³/mol. The Balaban J connectivity index is 2.60. The number of carbonyl (C=O) groups excluding carboxylic acids is 1. The van der Waals surface area contributed by atoms with Gasteiger partial charge in [0, 0.05) is 16.6 Å². The highest BCUT2D eigenvalue weighted by molar-refractivity contribution is 9.10. The van der Waals surface area contributed by atoms with E-state index in [9.17, 15) is 18.0 Å². The molecule has 0 aliphatic carbocycles. The molecule has 20 heavy (non-hydrogen) atoms. The Hall–Kier alpha value is -1.82. The molecule has 0 saturated carbocycles. The number of halogens is 4. The Morgan fingerprint density at radius 3 is 2.15 bits per heavy atom. The summed E-state index contributed by atoms with van der Waals surface area (Å²) in [6.45, 7) is 0. The summed E-state index contributed by atoms with van der Waals surface area (Å²) < 4.78 is 46.1. The summed E-state index contributed by atoms with van der Waals surface area (Å²) in [5.74, 6) is -4.22. The highest BCUT2D eigenvalue weighted by Crippen LogP contribution is 2.27. The molecule has 0 unspecified atom stereocenters. The maximum Gasteiger partial charge on any atom is 0.203 e. The van der Waals surface area contributed by atoms with Crippen LogP contribution in [0.4, 0.5) is 13.2 Å². The zero-order valence-electron chi connectivity index (χ0n) is 10.2. The number of ketones is 1. The van der Waals surface area contributed by atoms with Crippen LogP contribution in [0.1, 0.15) is 15.9 Å². The second kappa shape index (κ2) is 5.66. The number of methoxy groups -OCH3 is 1. The fourth-order valence-corrected chi connectivity index (χ4v) is 2.25. The molecule has 0 saturated heterocycles. The molecule has 0 aliphatic rings. The van der Waals surface area contributed by atoms with Crippen molar-refractivity contribution in [1.82, 2.24) is 0 Å². The molecule has 0 bridgehead atoms. The molecule has 0 heterocycles. The second-order valence-electron chi connectivity index (χ2n) is 3.89. The molecule has 2 aromatic carbocycles. The quantitative estimate of drug-likeness (QED) is 0.783. The van der Waals surface area contributed by atoms with E-state index in [0.717, 1.165) is 18.2 Å². The first-order valence-electron chi connectivity index (χ1n) is 5.47. The smallest absolute Gasteiger partial charge is 0.203 e. The number of hydrogen-bond acceptors (Lipinski definition) is 2. The molecule has 0 amide bonds. The molecule has 0 N–H and O–H groups in total. The van der Waals surface area contributed by atoms with E-state index in [1.807, 2.05) is 0 Å². The monoisotopic (exact) mass is 344 g/mol. The first-order valence-corrected chi connectivity index (χ1v) is 6.26. The molecule has 104 valence electrons. The Kier molecular flexibility index (Phi) is 4.13. The Labute approximate surface area is 121 Å². The number of rotatable bonds is 3. The van der Waals surface area contributed by atoms with Crippen molar-refractivity contribution in [1.29, 1.82) is 0 Å². The second-order valence-corrected chi connectivity index (χ2v) is 4.75. The third-order valence-corrected chi connectivity index (χ3v) is 3.33. The van der Waals surface area contributed by atoms with E-state index in [-0.39, 0.29) is 10.2 Å². The third kappa shape index (κ3) is 2.56. The van der Waals surface area contributed by atoms with Crippen molar-refractivity contribution in [2.24, 2.45) is 0 Å². The molecule has 2 nitrogen and oxygen atoms in total.